The molecule has 0 radical (unpaired) electrons. The minimum atomic E-state index is -2.01. The Labute approximate surface area is 657 Å². The van der Waals surface area contributed by atoms with E-state index in [0.29, 0.717) is 23.1 Å². The number of phenolic OH excluding ortho intramolecular Hbond substituents is 1. The molecule has 0 spiro atoms. The van der Waals surface area contributed by atoms with Crippen LogP contribution in [0.2, 0.25) is 0 Å². The Morgan fingerprint density at radius 3 is 1.66 bits per heavy atom. The number of hydrogen-bond acceptors (Lipinski definition) is 21. The number of hydrogen-bond donors (Lipinski definition) is 16. The van der Waals surface area contributed by atoms with Gasteiger partial charge in [-0.2, -0.15) is 0 Å². The summed E-state index contributed by atoms with van der Waals surface area (Å²) in [6.07, 6.45) is -1.62. The molecule has 0 unspecified atom stereocenters. The fourth-order valence-corrected chi connectivity index (χ4v) is 13.8. The van der Waals surface area contributed by atoms with Gasteiger partial charge in [0.05, 0.1) is 18.7 Å². The first-order valence-electron chi connectivity index (χ1n) is 38.8. The number of nitrogens with one attached hydrogen (secondary N) is 10. The Morgan fingerprint density at radius 2 is 1.08 bits per heavy atom. The molecule has 3 aliphatic rings. The molecule has 3 aromatic carbocycles. The number of nitrogens with two attached hydrogens (primary N) is 3. The fraction of sp³-hybridized carbons (Fsp3) is 0.577. The van der Waals surface area contributed by atoms with Crippen LogP contribution >= 0.6 is 0 Å². The van der Waals surface area contributed by atoms with Gasteiger partial charge < -0.3 is 100 Å². The number of unbranched alkanes of at least 4 members (excludes halogenated alkanes) is 5. The van der Waals surface area contributed by atoms with Crippen LogP contribution in [0.15, 0.2) is 91.1 Å². The molecule has 19 N–H and O–H groups in total. The van der Waals surface area contributed by atoms with E-state index >= 15 is 19.2 Å². The lowest BCUT2D eigenvalue weighted by Gasteiger charge is -2.42. The molecule has 1 aromatic heterocycles. The molecular weight excluding hydrogens is 1460 g/mol. The summed E-state index contributed by atoms with van der Waals surface area (Å²) in [4.78, 5) is 190. The normalized spacial score (nSPS) is 25.8. The van der Waals surface area contributed by atoms with Crippen molar-refractivity contribution in [1.82, 2.24) is 73.1 Å². The number of rotatable bonds is 30. The molecule has 7 rings (SSSR count). The number of benzene rings is 3. The maximum atomic E-state index is 15.4. The number of amides is 13. The van der Waals surface area contributed by atoms with Crippen molar-refractivity contribution in [2.75, 3.05) is 20.2 Å². The third-order valence-electron chi connectivity index (χ3n) is 19.9. The molecule has 35 heteroatoms. The molecule has 4 aromatic rings. The molecule has 618 valence electrons. The summed E-state index contributed by atoms with van der Waals surface area (Å²) in [5.74, 6) is -13.2. The molecule has 0 aliphatic carbocycles. The minimum Gasteiger partial charge on any atom is -0.508 e. The van der Waals surface area contributed by atoms with Gasteiger partial charge in [-0.1, -0.05) is 145 Å². The first kappa shape index (κ1) is 89.7. The molecule has 3 saturated heterocycles. The summed E-state index contributed by atoms with van der Waals surface area (Å²) in [5.41, 5.74) is 18.7. The van der Waals surface area contributed by atoms with Crippen molar-refractivity contribution < 1.29 is 87.1 Å². The lowest BCUT2D eigenvalue weighted by molar-refractivity contribution is -0.259. The average molecular weight is 1580 g/mol. The monoisotopic (exact) mass is 1580 g/mol. The fourth-order valence-electron chi connectivity index (χ4n) is 13.8. The summed E-state index contributed by atoms with van der Waals surface area (Å²) >= 11 is 0. The highest BCUT2D eigenvalue weighted by Gasteiger charge is 2.47. The van der Waals surface area contributed by atoms with Crippen LogP contribution in [0.25, 0.3) is 0 Å². The Kier molecular flexibility index (Phi) is 35.5. The second-order valence-electron chi connectivity index (χ2n) is 29.9. The number of fused-ring (bicyclic) bond motifs is 1. The summed E-state index contributed by atoms with van der Waals surface area (Å²) in [5, 5.41) is 68.4. The van der Waals surface area contributed by atoms with Crippen molar-refractivity contribution in [3.63, 3.8) is 0 Å². The third-order valence-corrected chi connectivity index (χ3v) is 19.9. The van der Waals surface area contributed by atoms with Crippen molar-refractivity contribution in [3.8, 4) is 5.75 Å². The molecule has 15 atom stereocenters. The van der Waals surface area contributed by atoms with Crippen LogP contribution in [0, 0.1) is 11.8 Å². The summed E-state index contributed by atoms with van der Waals surface area (Å²) < 4.78 is 12.8. The van der Waals surface area contributed by atoms with E-state index in [0.717, 1.165) is 32.1 Å². The number of aliphatic hydroxyl groups excluding tert-OH is 2. The van der Waals surface area contributed by atoms with E-state index in [1.807, 2.05) is 0 Å². The maximum absolute atomic E-state index is 15.4. The number of ether oxygens (including phenoxy) is 2. The Morgan fingerprint density at radius 1 is 0.575 bits per heavy atom. The summed E-state index contributed by atoms with van der Waals surface area (Å²) in [7, 11) is 1.29. The van der Waals surface area contributed by atoms with Gasteiger partial charge in [0.1, 0.15) is 90.5 Å². The van der Waals surface area contributed by atoms with Crippen molar-refractivity contribution in [3.05, 3.63) is 114 Å². The van der Waals surface area contributed by atoms with Gasteiger partial charge in [-0.05, 0) is 92.1 Å². The summed E-state index contributed by atoms with van der Waals surface area (Å²) in [6, 6.07) is 5.74. The largest absolute Gasteiger partial charge is 0.508 e. The SMILES string of the molecule is CCCCCCCCC(=O)N[C@H]1[C@H](OC)O[C@H](Cn2cc(C[C@H]3NC(=O)[C@H](Cc4ccccc4)NC(=O)[C@@H]4CCCN4C(=O)[C@@H](Cc4ccccc4)NC(=O)[C@H](CC(C)C)NC(=O)[C@H](CCCN)NC(=O)[C@H](C(C)C)NC(=O)[C@H](Cc4ccc(O)cc4)NC(=O)[C@H](CCC(N)=O)NC(=O)[C@H](CC(N)=O)NC3=O)nn2)[C@@H](O)[C@@H]1O. The highest BCUT2D eigenvalue weighted by atomic mass is 16.7. The van der Waals surface area contributed by atoms with E-state index in [1.165, 1.54) is 47.2 Å². The minimum absolute atomic E-state index is 0.0101. The van der Waals surface area contributed by atoms with Gasteiger partial charge in [-0.15, -0.1) is 5.10 Å². The number of aromatic hydroxyl groups is 1. The number of carbonyl (C=O) groups is 13. The van der Waals surface area contributed by atoms with E-state index < -0.39 is 194 Å². The van der Waals surface area contributed by atoms with Crippen molar-refractivity contribution in [2.45, 2.75) is 254 Å². The van der Waals surface area contributed by atoms with Gasteiger partial charge >= 0.3 is 0 Å². The molecule has 13 amide bonds. The molecule has 35 nitrogen and oxygen atoms in total. The van der Waals surface area contributed by atoms with Gasteiger partial charge in [0.2, 0.25) is 76.8 Å². The first-order valence-corrected chi connectivity index (χ1v) is 38.8. The van der Waals surface area contributed by atoms with E-state index in [-0.39, 0.29) is 101 Å². The Balaban J connectivity index is 1.30. The zero-order chi connectivity index (χ0) is 82.4. The lowest BCUT2D eigenvalue weighted by atomic mass is 9.96. The van der Waals surface area contributed by atoms with Crippen LogP contribution in [0.4, 0.5) is 0 Å². The van der Waals surface area contributed by atoms with Crippen LogP contribution in [0.5, 0.6) is 5.75 Å². The predicted octanol–water partition coefficient (Wildman–Crippen LogP) is -1.47. The Bertz CT molecular complexity index is 3850. The van der Waals surface area contributed by atoms with Crippen LogP contribution < -0.4 is 70.4 Å². The first-order chi connectivity index (χ1) is 53.9. The number of primary amides is 2. The van der Waals surface area contributed by atoms with Crippen LogP contribution in [-0.4, -0.2) is 223 Å². The van der Waals surface area contributed by atoms with Gasteiger partial charge in [0, 0.05) is 58.4 Å². The topological polar surface area (TPSA) is 533 Å². The highest BCUT2D eigenvalue weighted by Crippen LogP contribution is 2.26. The van der Waals surface area contributed by atoms with Crippen molar-refractivity contribution >= 4 is 76.8 Å². The number of phenols is 1. The lowest BCUT2D eigenvalue weighted by Crippen LogP contribution is -2.64. The number of aromatic nitrogens is 3. The van der Waals surface area contributed by atoms with E-state index in [4.69, 9.17) is 26.7 Å². The number of carbonyl (C=O) groups excluding carboxylic acids is 13. The maximum Gasteiger partial charge on any atom is 0.246 e. The standard InChI is InChI=1S/C78H113N17O18/c1-7-8-9-10-11-18-27-63(99)90-65-67(101)66(100)60(113-78(65)112-6)43-94-42-49(92-93-94)40-56-72(106)87-57(41-62(81)98)73(107)82-52(32-33-61(80)97)69(103)85-55(38-48-28-30-50(96)31-29-48)74(108)91-64(45(4)5)76(110)83-51(25-19-34-79)68(102)84-53(36-44(2)3)70(104)89-58(39-47-23-16-13-17-24-47)77(111)95-35-20-26-59(95)75(109)88-54(71(105)86-56)37-46-21-14-12-15-22-46/h12-17,21-24,28-31,42,44-45,51-60,64-67,78,96,100-101H,7-11,18-20,25-27,32-41,43,79H2,1-6H3,(H2,80,97)(H2,81,98)(H,82,107)(H,83,110)(H,84,102)(H,85,103)(H,86,105)(H,87,106)(H,88,109)(H,89,104)(H,90,99)(H,91,108)/t51-,52-,53-,54-,55-,56+,57-,58+,59-,60+,64-,65+,66+,67+,78+/m0/s1. The third kappa shape index (κ3) is 28.0. The van der Waals surface area contributed by atoms with Gasteiger partial charge in [0.25, 0.3) is 0 Å². The molecule has 113 heavy (non-hydrogen) atoms. The van der Waals surface area contributed by atoms with Crippen LogP contribution in [0.1, 0.15) is 153 Å². The zero-order valence-electron chi connectivity index (χ0n) is 65.0. The molecular formula is C78H113N17O18. The molecule has 0 bridgehead atoms. The number of methoxy groups -OCH3 is 1. The Hall–Kier alpha value is -10.5. The quantitative estimate of drug-likeness (QED) is 0.0265. The van der Waals surface area contributed by atoms with Crippen molar-refractivity contribution in [2.24, 2.45) is 29.0 Å². The van der Waals surface area contributed by atoms with E-state index in [1.54, 1.807) is 88.4 Å². The molecule has 3 aliphatic heterocycles. The van der Waals surface area contributed by atoms with E-state index in [2.05, 4.69) is 70.4 Å². The van der Waals surface area contributed by atoms with Gasteiger partial charge in [-0.25, -0.2) is 4.68 Å². The summed E-state index contributed by atoms with van der Waals surface area (Å²) in [6.45, 7) is 8.65. The highest BCUT2D eigenvalue weighted by molar-refractivity contribution is 6.01. The van der Waals surface area contributed by atoms with E-state index in [9.17, 15) is 58.5 Å². The smallest absolute Gasteiger partial charge is 0.246 e. The molecule has 0 saturated carbocycles. The molecule has 3 fully saturated rings. The van der Waals surface area contributed by atoms with Gasteiger partial charge in [0.15, 0.2) is 6.29 Å². The van der Waals surface area contributed by atoms with Crippen molar-refractivity contribution in [1.29, 1.82) is 0 Å². The molecule has 4 heterocycles. The number of nitrogens with zero attached hydrogens (tertiary/aromatic N) is 4. The predicted molar refractivity (Wildman–Crippen MR) is 410 cm³/mol. The zero-order valence-corrected chi connectivity index (χ0v) is 65.0. The van der Waals surface area contributed by atoms with Gasteiger partial charge in [-0.3, -0.25) is 62.3 Å². The average Bonchev–Trinajstić information content (AvgIpc) is 1.78. The second kappa shape index (κ2) is 44.7. The second-order valence-corrected chi connectivity index (χ2v) is 29.9. The number of aliphatic hydroxyl groups is 2. The van der Waals surface area contributed by atoms with Crippen LogP contribution in [-0.2, 0) is 104 Å². The van der Waals surface area contributed by atoms with Crippen LogP contribution in [0.3, 0.4) is 0 Å².